The SMILES string of the molecule is CCCNC(CC)Cn1cccc(C)c1=O. The molecule has 0 aliphatic heterocycles. The molecule has 0 aliphatic carbocycles. The molecular formula is C13H22N2O. The lowest BCUT2D eigenvalue weighted by atomic mass is 10.2. The third-order valence-corrected chi connectivity index (χ3v) is 2.80. The number of aryl methyl sites for hydroxylation is 1. The van der Waals surface area contributed by atoms with Crippen molar-refractivity contribution in [1.29, 1.82) is 0 Å². The summed E-state index contributed by atoms with van der Waals surface area (Å²) in [6, 6.07) is 4.18. The van der Waals surface area contributed by atoms with Gasteiger partial charge < -0.3 is 9.88 Å². The molecule has 1 aromatic rings. The molecule has 1 heterocycles. The molecule has 1 rings (SSSR count). The van der Waals surface area contributed by atoms with Crippen molar-refractivity contribution in [3.63, 3.8) is 0 Å². The highest BCUT2D eigenvalue weighted by molar-refractivity contribution is 5.07. The molecule has 0 aliphatic rings. The molecule has 1 N–H and O–H groups in total. The van der Waals surface area contributed by atoms with Crippen LogP contribution in [0.3, 0.4) is 0 Å². The predicted octanol–water partition coefficient (Wildman–Crippen LogP) is 1.93. The van der Waals surface area contributed by atoms with E-state index in [2.05, 4.69) is 19.2 Å². The van der Waals surface area contributed by atoms with Gasteiger partial charge in [-0.25, -0.2) is 0 Å². The molecule has 3 heteroatoms. The van der Waals surface area contributed by atoms with Gasteiger partial charge in [-0.2, -0.15) is 0 Å². The normalized spacial score (nSPS) is 12.7. The van der Waals surface area contributed by atoms with Crippen LogP contribution >= 0.6 is 0 Å². The Labute approximate surface area is 97.5 Å². The average Bonchev–Trinajstić information content (AvgIpc) is 2.30. The van der Waals surface area contributed by atoms with Crippen LogP contribution in [0.5, 0.6) is 0 Å². The van der Waals surface area contributed by atoms with E-state index < -0.39 is 0 Å². The van der Waals surface area contributed by atoms with E-state index in [0.29, 0.717) is 6.04 Å². The van der Waals surface area contributed by atoms with Gasteiger partial charge in [0.05, 0.1) is 0 Å². The first kappa shape index (κ1) is 13.0. The summed E-state index contributed by atoms with van der Waals surface area (Å²) in [7, 11) is 0. The van der Waals surface area contributed by atoms with Gasteiger partial charge in [-0.3, -0.25) is 4.79 Å². The number of rotatable bonds is 6. The standard InChI is InChI=1S/C13H22N2O/c1-4-8-14-12(5-2)10-15-9-6-7-11(3)13(15)16/h6-7,9,12,14H,4-5,8,10H2,1-3H3. The summed E-state index contributed by atoms with van der Waals surface area (Å²) in [6.45, 7) is 7.93. The molecule has 90 valence electrons. The lowest BCUT2D eigenvalue weighted by Crippen LogP contribution is -2.36. The van der Waals surface area contributed by atoms with Crippen LogP contribution in [0.2, 0.25) is 0 Å². The first-order chi connectivity index (χ1) is 7.69. The van der Waals surface area contributed by atoms with E-state index in [0.717, 1.165) is 31.5 Å². The van der Waals surface area contributed by atoms with Crippen molar-refractivity contribution in [2.24, 2.45) is 0 Å². The average molecular weight is 222 g/mol. The Morgan fingerprint density at radius 2 is 2.19 bits per heavy atom. The maximum Gasteiger partial charge on any atom is 0.253 e. The van der Waals surface area contributed by atoms with Crippen molar-refractivity contribution < 1.29 is 0 Å². The predicted molar refractivity (Wildman–Crippen MR) is 67.8 cm³/mol. The zero-order valence-electron chi connectivity index (χ0n) is 10.5. The molecular weight excluding hydrogens is 200 g/mol. The van der Waals surface area contributed by atoms with E-state index in [1.165, 1.54) is 0 Å². The van der Waals surface area contributed by atoms with Crippen LogP contribution in [0.1, 0.15) is 32.3 Å². The first-order valence-electron chi connectivity index (χ1n) is 6.08. The fraction of sp³-hybridized carbons (Fsp3) is 0.615. The van der Waals surface area contributed by atoms with Crippen molar-refractivity contribution in [3.8, 4) is 0 Å². The maximum atomic E-state index is 11.8. The van der Waals surface area contributed by atoms with E-state index in [1.54, 1.807) is 4.57 Å². The van der Waals surface area contributed by atoms with E-state index in [-0.39, 0.29) is 5.56 Å². The Kier molecular flexibility index (Phi) is 5.26. The summed E-state index contributed by atoms with van der Waals surface area (Å²) in [4.78, 5) is 11.8. The third kappa shape index (κ3) is 3.49. The molecule has 16 heavy (non-hydrogen) atoms. The highest BCUT2D eigenvalue weighted by atomic mass is 16.1. The molecule has 0 aromatic carbocycles. The molecule has 1 unspecified atom stereocenters. The molecule has 1 aromatic heterocycles. The minimum Gasteiger partial charge on any atom is -0.314 e. The van der Waals surface area contributed by atoms with Crippen LogP contribution in [0.15, 0.2) is 23.1 Å². The van der Waals surface area contributed by atoms with Gasteiger partial charge >= 0.3 is 0 Å². The Morgan fingerprint density at radius 3 is 2.81 bits per heavy atom. The Balaban J connectivity index is 2.70. The Morgan fingerprint density at radius 1 is 1.44 bits per heavy atom. The highest BCUT2D eigenvalue weighted by Gasteiger charge is 2.07. The monoisotopic (exact) mass is 222 g/mol. The van der Waals surface area contributed by atoms with E-state index >= 15 is 0 Å². The van der Waals surface area contributed by atoms with Gasteiger partial charge in [0.1, 0.15) is 0 Å². The van der Waals surface area contributed by atoms with Crippen molar-refractivity contribution in [3.05, 3.63) is 34.2 Å². The molecule has 0 fully saturated rings. The molecule has 0 amide bonds. The summed E-state index contributed by atoms with van der Waals surface area (Å²) in [6.07, 6.45) is 4.03. The van der Waals surface area contributed by atoms with Crippen LogP contribution < -0.4 is 10.9 Å². The summed E-state index contributed by atoms with van der Waals surface area (Å²) in [5.41, 5.74) is 0.937. The number of nitrogens with one attached hydrogen (secondary N) is 1. The largest absolute Gasteiger partial charge is 0.314 e. The fourth-order valence-corrected chi connectivity index (χ4v) is 1.72. The van der Waals surface area contributed by atoms with Crippen molar-refractivity contribution in [2.45, 2.75) is 46.2 Å². The summed E-state index contributed by atoms with van der Waals surface area (Å²) < 4.78 is 1.80. The number of pyridine rings is 1. The van der Waals surface area contributed by atoms with Gasteiger partial charge in [-0.05, 0) is 32.4 Å². The van der Waals surface area contributed by atoms with Gasteiger partial charge in [0, 0.05) is 24.3 Å². The zero-order chi connectivity index (χ0) is 12.0. The van der Waals surface area contributed by atoms with Crippen molar-refractivity contribution in [1.82, 2.24) is 9.88 Å². The molecule has 3 nitrogen and oxygen atoms in total. The first-order valence-corrected chi connectivity index (χ1v) is 6.08. The van der Waals surface area contributed by atoms with E-state index in [4.69, 9.17) is 0 Å². The molecule has 0 saturated carbocycles. The van der Waals surface area contributed by atoms with Crippen molar-refractivity contribution >= 4 is 0 Å². The van der Waals surface area contributed by atoms with Crippen LogP contribution in [0, 0.1) is 6.92 Å². The number of hydrogen-bond donors (Lipinski definition) is 1. The lowest BCUT2D eigenvalue weighted by Gasteiger charge is -2.18. The molecule has 1 atom stereocenters. The summed E-state index contributed by atoms with van der Waals surface area (Å²) >= 11 is 0. The van der Waals surface area contributed by atoms with Gasteiger partial charge in [0.25, 0.3) is 5.56 Å². The van der Waals surface area contributed by atoms with Crippen LogP contribution in [-0.2, 0) is 6.54 Å². The molecule has 0 saturated heterocycles. The third-order valence-electron chi connectivity index (χ3n) is 2.80. The molecule has 0 spiro atoms. The number of hydrogen-bond acceptors (Lipinski definition) is 2. The molecule has 0 bridgehead atoms. The van der Waals surface area contributed by atoms with Gasteiger partial charge in [-0.1, -0.05) is 19.9 Å². The molecule has 0 radical (unpaired) electrons. The second kappa shape index (κ2) is 6.48. The second-order valence-corrected chi connectivity index (χ2v) is 4.21. The van der Waals surface area contributed by atoms with Gasteiger partial charge in [0.2, 0.25) is 0 Å². The number of aromatic nitrogens is 1. The smallest absolute Gasteiger partial charge is 0.253 e. The van der Waals surface area contributed by atoms with E-state index in [9.17, 15) is 4.79 Å². The zero-order valence-corrected chi connectivity index (χ0v) is 10.5. The Hall–Kier alpha value is -1.09. The van der Waals surface area contributed by atoms with Gasteiger partial charge in [-0.15, -0.1) is 0 Å². The van der Waals surface area contributed by atoms with Crippen LogP contribution in [-0.4, -0.2) is 17.2 Å². The topological polar surface area (TPSA) is 34.0 Å². The fourth-order valence-electron chi connectivity index (χ4n) is 1.72. The summed E-state index contributed by atoms with van der Waals surface area (Å²) in [5, 5.41) is 3.45. The lowest BCUT2D eigenvalue weighted by molar-refractivity contribution is 0.430. The maximum absolute atomic E-state index is 11.8. The van der Waals surface area contributed by atoms with Gasteiger partial charge in [0.15, 0.2) is 0 Å². The second-order valence-electron chi connectivity index (χ2n) is 4.21. The van der Waals surface area contributed by atoms with Crippen LogP contribution in [0.4, 0.5) is 0 Å². The van der Waals surface area contributed by atoms with Crippen molar-refractivity contribution in [2.75, 3.05) is 6.54 Å². The van der Waals surface area contributed by atoms with Crippen LogP contribution in [0.25, 0.3) is 0 Å². The minimum absolute atomic E-state index is 0.124. The summed E-state index contributed by atoms with van der Waals surface area (Å²) in [5.74, 6) is 0. The minimum atomic E-state index is 0.124. The number of nitrogens with zero attached hydrogens (tertiary/aromatic N) is 1. The quantitative estimate of drug-likeness (QED) is 0.798. The highest BCUT2D eigenvalue weighted by Crippen LogP contribution is 1.97. The Bertz CT molecular complexity index is 370. The van der Waals surface area contributed by atoms with E-state index in [1.807, 2.05) is 25.3 Å².